The summed E-state index contributed by atoms with van der Waals surface area (Å²) in [7, 11) is 0. The Morgan fingerprint density at radius 3 is 2.73 bits per heavy atom. The topological polar surface area (TPSA) is 93.2 Å². The summed E-state index contributed by atoms with van der Waals surface area (Å²) in [6.07, 6.45) is 1.95. The second-order valence-electron chi connectivity index (χ2n) is 7.18. The Kier molecular flexibility index (Phi) is 3.71. The van der Waals surface area contributed by atoms with Crippen LogP contribution in [0.5, 0.6) is 0 Å². The monoisotopic (exact) mass is 357 g/mol. The minimum Gasteiger partial charge on any atom is -0.365 e. The Morgan fingerprint density at radius 1 is 1.31 bits per heavy atom. The van der Waals surface area contributed by atoms with Crippen LogP contribution in [-0.4, -0.2) is 38.7 Å². The molecule has 26 heavy (non-hydrogen) atoms. The van der Waals surface area contributed by atoms with Crippen LogP contribution in [0.4, 0.5) is 9.18 Å². The van der Waals surface area contributed by atoms with E-state index in [0.717, 1.165) is 12.8 Å². The molecule has 0 unspecified atom stereocenters. The number of amides is 3. The third-order valence-electron chi connectivity index (χ3n) is 5.02. The van der Waals surface area contributed by atoms with Crippen molar-refractivity contribution in [2.45, 2.75) is 38.4 Å². The Morgan fingerprint density at radius 2 is 2.08 bits per heavy atom. The molecule has 0 spiro atoms. The number of primary amides is 1. The van der Waals surface area contributed by atoms with E-state index in [4.69, 9.17) is 5.73 Å². The molecule has 8 heteroatoms. The molecular weight excluding hydrogens is 337 g/mol. The highest BCUT2D eigenvalue weighted by Crippen LogP contribution is 2.35. The predicted molar refractivity (Wildman–Crippen MR) is 92.7 cm³/mol. The molecule has 0 radical (unpaired) electrons. The van der Waals surface area contributed by atoms with Gasteiger partial charge >= 0.3 is 6.03 Å². The number of carbonyl (C=O) groups is 2. The van der Waals surface area contributed by atoms with Crippen molar-refractivity contribution < 1.29 is 14.0 Å². The van der Waals surface area contributed by atoms with Gasteiger partial charge in [0.1, 0.15) is 11.5 Å². The minimum atomic E-state index is -0.637. The van der Waals surface area contributed by atoms with Gasteiger partial charge in [0, 0.05) is 17.6 Å². The maximum absolute atomic E-state index is 13.6. The lowest BCUT2D eigenvalue weighted by Crippen LogP contribution is -2.48. The van der Waals surface area contributed by atoms with Gasteiger partial charge in [0.25, 0.3) is 5.91 Å². The molecule has 7 nitrogen and oxygen atoms in total. The summed E-state index contributed by atoms with van der Waals surface area (Å²) in [5.41, 5.74) is 7.13. The summed E-state index contributed by atoms with van der Waals surface area (Å²) in [6, 6.07) is 5.74. The zero-order valence-electron chi connectivity index (χ0n) is 14.5. The molecule has 0 saturated heterocycles. The smallest absolute Gasteiger partial charge is 0.318 e. The van der Waals surface area contributed by atoms with Gasteiger partial charge in [-0.05, 0) is 31.9 Å². The molecular formula is C18H20FN5O2. The van der Waals surface area contributed by atoms with Crippen molar-refractivity contribution in [2.75, 3.05) is 6.54 Å². The third-order valence-corrected chi connectivity index (χ3v) is 5.02. The number of hydrogen-bond acceptors (Lipinski definition) is 3. The van der Waals surface area contributed by atoms with E-state index in [2.05, 4.69) is 10.4 Å². The Balaban J connectivity index is 1.67. The van der Waals surface area contributed by atoms with Crippen LogP contribution in [0.1, 0.15) is 35.8 Å². The molecule has 2 heterocycles. The lowest BCUT2D eigenvalue weighted by Gasteiger charge is -2.29. The normalized spacial score (nSPS) is 17.5. The number of benzene rings is 1. The first-order valence-corrected chi connectivity index (χ1v) is 8.59. The summed E-state index contributed by atoms with van der Waals surface area (Å²) >= 11 is 0. The molecule has 1 aliphatic carbocycles. The van der Waals surface area contributed by atoms with Gasteiger partial charge in [0.15, 0.2) is 0 Å². The maximum atomic E-state index is 13.6. The van der Waals surface area contributed by atoms with E-state index in [9.17, 15) is 14.0 Å². The minimum absolute atomic E-state index is 0.117. The summed E-state index contributed by atoms with van der Waals surface area (Å²) in [6.45, 7) is 3.19. The van der Waals surface area contributed by atoms with E-state index in [1.54, 1.807) is 21.7 Å². The van der Waals surface area contributed by atoms with Crippen LogP contribution in [0.3, 0.4) is 0 Å². The second kappa shape index (κ2) is 5.82. The van der Waals surface area contributed by atoms with Crippen LogP contribution in [-0.2, 0) is 13.1 Å². The van der Waals surface area contributed by atoms with Gasteiger partial charge in [-0.1, -0.05) is 12.1 Å². The lowest BCUT2D eigenvalue weighted by atomic mass is 10.0. The summed E-state index contributed by atoms with van der Waals surface area (Å²) < 4.78 is 15.3. The van der Waals surface area contributed by atoms with Crippen molar-refractivity contribution in [1.82, 2.24) is 20.0 Å². The molecule has 1 saturated carbocycles. The molecule has 0 bridgehead atoms. The van der Waals surface area contributed by atoms with Gasteiger partial charge in [0.05, 0.1) is 24.3 Å². The molecule has 1 aliphatic heterocycles. The largest absolute Gasteiger partial charge is 0.365 e. The number of aromatic nitrogens is 2. The number of fused-ring (bicyclic) bond motifs is 1. The molecule has 2 aromatic rings. The standard InChI is InChI=1S/C18H20FN5O2/c1-18(5-6-18)21-17(26)23-7-8-24-13(10-23)14(16(20)25)15(22-24)11-3-2-4-12(19)9-11/h2-4,9H,5-8,10H2,1H3,(H2,20,25)(H,21,26). The average molecular weight is 357 g/mol. The van der Waals surface area contributed by atoms with Crippen molar-refractivity contribution in [2.24, 2.45) is 5.73 Å². The van der Waals surface area contributed by atoms with Crippen molar-refractivity contribution in [3.8, 4) is 11.3 Å². The number of nitrogens with zero attached hydrogens (tertiary/aromatic N) is 3. The fourth-order valence-corrected chi connectivity index (χ4v) is 3.24. The molecule has 3 N–H and O–H groups in total. The molecule has 1 fully saturated rings. The first-order chi connectivity index (χ1) is 12.4. The number of hydrogen-bond donors (Lipinski definition) is 2. The SMILES string of the molecule is CC1(NC(=O)N2CCn3nc(-c4cccc(F)c4)c(C(N)=O)c3C2)CC1. The summed E-state index contributed by atoms with van der Waals surface area (Å²) in [4.78, 5) is 26.2. The van der Waals surface area contributed by atoms with Crippen molar-refractivity contribution in [3.05, 3.63) is 41.3 Å². The van der Waals surface area contributed by atoms with E-state index >= 15 is 0 Å². The molecule has 1 aromatic heterocycles. The van der Waals surface area contributed by atoms with Crippen molar-refractivity contribution >= 4 is 11.9 Å². The predicted octanol–water partition coefficient (Wildman–Crippen LogP) is 1.87. The summed E-state index contributed by atoms with van der Waals surface area (Å²) in [5.74, 6) is -1.05. The molecule has 1 aromatic carbocycles. The number of carbonyl (C=O) groups excluding carboxylic acids is 2. The van der Waals surface area contributed by atoms with Crippen molar-refractivity contribution in [3.63, 3.8) is 0 Å². The van der Waals surface area contributed by atoms with Crippen LogP contribution in [0, 0.1) is 5.82 Å². The second-order valence-corrected chi connectivity index (χ2v) is 7.18. The number of urea groups is 1. The first kappa shape index (κ1) is 16.6. The van der Waals surface area contributed by atoms with Gasteiger partial charge in [-0.15, -0.1) is 0 Å². The van der Waals surface area contributed by atoms with Crippen LogP contribution < -0.4 is 11.1 Å². The number of rotatable bonds is 3. The average Bonchev–Trinajstić information content (AvgIpc) is 3.19. The van der Waals surface area contributed by atoms with E-state index in [-0.39, 0.29) is 23.7 Å². The lowest BCUT2D eigenvalue weighted by molar-refractivity contribution is 0.0997. The third kappa shape index (κ3) is 2.91. The van der Waals surface area contributed by atoms with Gasteiger partial charge in [-0.3, -0.25) is 9.48 Å². The summed E-state index contributed by atoms with van der Waals surface area (Å²) in [5, 5.41) is 7.47. The van der Waals surface area contributed by atoms with E-state index in [1.807, 2.05) is 6.92 Å². The molecule has 2 aliphatic rings. The van der Waals surface area contributed by atoms with E-state index in [1.165, 1.54) is 12.1 Å². The first-order valence-electron chi connectivity index (χ1n) is 8.59. The highest BCUT2D eigenvalue weighted by atomic mass is 19.1. The van der Waals surface area contributed by atoms with Crippen molar-refractivity contribution in [1.29, 1.82) is 0 Å². The number of nitrogens with two attached hydrogens (primary N) is 1. The van der Waals surface area contributed by atoms with E-state index in [0.29, 0.717) is 30.0 Å². The van der Waals surface area contributed by atoms with Crippen LogP contribution >= 0.6 is 0 Å². The Labute approximate surface area is 150 Å². The molecule has 3 amide bonds. The Hall–Kier alpha value is -2.90. The van der Waals surface area contributed by atoms with Gasteiger partial charge in [0.2, 0.25) is 0 Å². The van der Waals surface area contributed by atoms with E-state index < -0.39 is 11.7 Å². The number of nitrogens with one attached hydrogen (secondary N) is 1. The molecule has 0 atom stereocenters. The number of halogens is 1. The molecule has 136 valence electrons. The van der Waals surface area contributed by atoms with Gasteiger partial charge in [-0.2, -0.15) is 5.10 Å². The van der Waals surface area contributed by atoms with Gasteiger partial charge in [-0.25, -0.2) is 9.18 Å². The zero-order chi connectivity index (χ0) is 18.5. The van der Waals surface area contributed by atoms with Crippen LogP contribution in [0.15, 0.2) is 24.3 Å². The van der Waals surface area contributed by atoms with Gasteiger partial charge < -0.3 is 16.0 Å². The highest BCUT2D eigenvalue weighted by Gasteiger charge is 2.40. The fourth-order valence-electron chi connectivity index (χ4n) is 3.24. The zero-order valence-corrected chi connectivity index (χ0v) is 14.5. The van der Waals surface area contributed by atoms with Crippen LogP contribution in [0.2, 0.25) is 0 Å². The molecule has 4 rings (SSSR count). The fraction of sp³-hybridized carbons (Fsp3) is 0.389. The highest BCUT2D eigenvalue weighted by molar-refractivity contribution is 6.00. The van der Waals surface area contributed by atoms with Crippen LogP contribution in [0.25, 0.3) is 11.3 Å². The maximum Gasteiger partial charge on any atom is 0.318 e. The quantitative estimate of drug-likeness (QED) is 0.878. The Bertz CT molecular complexity index is 903.